The van der Waals surface area contributed by atoms with Crippen molar-refractivity contribution in [1.29, 1.82) is 0 Å². The molecular formula is C15H24ClFN4O. The summed E-state index contributed by atoms with van der Waals surface area (Å²) in [5.74, 6) is -0.169. The molecule has 0 aliphatic carbocycles. The summed E-state index contributed by atoms with van der Waals surface area (Å²) < 4.78 is 12.9. The molecule has 124 valence electrons. The fourth-order valence-corrected chi connectivity index (χ4v) is 2.46. The lowest BCUT2D eigenvalue weighted by atomic mass is 10.2. The summed E-state index contributed by atoms with van der Waals surface area (Å²) in [6, 6.07) is 6.64. The topological polar surface area (TPSA) is 47.6 Å². The van der Waals surface area contributed by atoms with E-state index in [0.717, 1.165) is 38.4 Å². The van der Waals surface area contributed by atoms with Crippen molar-refractivity contribution in [3.8, 4) is 0 Å². The fourth-order valence-electron chi connectivity index (χ4n) is 2.46. The second kappa shape index (κ2) is 9.61. The summed E-state index contributed by atoms with van der Waals surface area (Å²) in [6.45, 7) is 5.67. The van der Waals surface area contributed by atoms with Gasteiger partial charge in [-0.15, -0.1) is 12.4 Å². The van der Waals surface area contributed by atoms with Crippen LogP contribution in [0.25, 0.3) is 0 Å². The zero-order chi connectivity index (χ0) is 15.1. The van der Waals surface area contributed by atoms with Crippen molar-refractivity contribution in [2.45, 2.75) is 0 Å². The van der Waals surface area contributed by atoms with E-state index in [-0.39, 0.29) is 24.1 Å². The van der Waals surface area contributed by atoms with E-state index in [2.05, 4.69) is 20.4 Å². The van der Waals surface area contributed by atoms with Gasteiger partial charge in [-0.1, -0.05) is 0 Å². The van der Waals surface area contributed by atoms with Gasteiger partial charge < -0.3 is 15.5 Å². The molecule has 1 amide bonds. The average molecular weight is 331 g/mol. The van der Waals surface area contributed by atoms with E-state index in [1.807, 2.05) is 12.1 Å². The number of rotatable bonds is 6. The summed E-state index contributed by atoms with van der Waals surface area (Å²) >= 11 is 0. The molecule has 7 heteroatoms. The molecular weight excluding hydrogens is 307 g/mol. The highest BCUT2D eigenvalue weighted by Gasteiger charge is 2.16. The van der Waals surface area contributed by atoms with Crippen LogP contribution in [0.2, 0.25) is 0 Å². The third-order valence-electron chi connectivity index (χ3n) is 3.65. The van der Waals surface area contributed by atoms with E-state index in [4.69, 9.17) is 0 Å². The maximum Gasteiger partial charge on any atom is 0.233 e. The molecule has 1 heterocycles. The molecule has 5 nitrogen and oxygen atoms in total. The second-order valence-electron chi connectivity index (χ2n) is 5.19. The van der Waals surface area contributed by atoms with Gasteiger partial charge in [-0.25, -0.2) is 4.39 Å². The number of carbonyl (C=O) groups excluding carboxylic acids is 1. The Morgan fingerprint density at radius 1 is 1.18 bits per heavy atom. The molecule has 1 aromatic rings. The first-order chi connectivity index (χ1) is 10.2. The summed E-state index contributed by atoms with van der Waals surface area (Å²) in [4.78, 5) is 15.9. The van der Waals surface area contributed by atoms with Gasteiger partial charge in [-0.3, -0.25) is 9.69 Å². The van der Waals surface area contributed by atoms with E-state index in [0.29, 0.717) is 13.1 Å². The molecule has 0 bridgehead atoms. The molecule has 0 unspecified atom stereocenters. The van der Waals surface area contributed by atoms with Crippen LogP contribution in [0, 0.1) is 5.82 Å². The molecule has 1 fully saturated rings. The highest BCUT2D eigenvalue weighted by molar-refractivity contribution is 5.85. The van der Waals surface area contributed by atoms with Crippen molar-refractivity contribution < 1.29 is 9.18 Å². The number of piperazine rings is 1. The lowest BCUT2D eigenvalue weighted by Crippen LogP contribution is -2.48. The first-order valence-electron chi connectivity index (χ1n) is 7.33. The van der Waals surface area contributed by atoms with Gasteiger partial charge >= 0.3 is 0 Å². The first-order valence-corrected chi connectivity index (χ1v) is 7.33. The maximum absolute atomic E-state index is 12.9. The molecule has 2 rings (SSSR count). The predicted molar refractivity (Wildman–Crippen MR) is 89.2 cm³/mol. The van der Waals surface area contributed by atoms with Crippen LogP contribution in [-0.4, -0.2) is 63.7 Å². The van der Waals surface area contributed by atoms with Gasteiger partial charge in [0, 0.05) is 45.0 Å². The number of amides is 1. The largest absolute Gasteiger partial charge is 0.369 e. The van der Waals surface area contributed by atoms with Crippen LogP contribution in [0.15, 0.2) is 24.3 Å². The Balaban J connectivity index is 0.00000242. The van der Waals surface area contributed by atoms with Gasteiger partial charge in [0.25, 0.3) is 0 Å². The Morgan fingerprint density at radius 2 is 1.82 bits per heavy atom. The summed E-state index contributed by atoms with van der Waals surface area (Å²) in [5.41, 5.74) is 1.07. The Hall–Kier alpha value is -1.37. The normalized spacial score (nSPS) is 15.3. The summed E-state index contributed by atoms with van der Waals surface area (Å²) in [6.07, 6.45) is 0. The number of hydrogen-bond donors (Lipinski definition) is 2. The van der Waals surface area contributed by atoms with Crippen LogP contribution >= 0.6 is 12.4 Å². The number of benzene rings is 1. The predicted octanol–water partition coefficient (Wildman–Crippen LogP) is 0.705. The Labute approximate surface area is 137 Å². The molecule has 0 saturated carbocycles. The van der Waals surface area contributed by atoms with Gasteiger partial charge in [0.1, 0.15) is 5.82 Å². The second-order valence-corrected chi connectivity index (χ2v) is 5.19. The van der Waals surface area contributed by atoms with Crippen molar-refractivity contribution in [3.63, 3.8) is 0 Å². The number of nitrogens with one attached hydrogen (secondary N) is 2. The van der Waals surface area contributed by atoms with Crippen molar-refractivity contribution in [1.82, 2.24) is 15.5 Å². The molecule has 1 aliphatic heterocycles. The van der Waals surface area contributed by atoms with Gasteiger partial charge in [-0.05, 0) is 31.3 Å². The minimum absolute atomic E-state index is 0. The van der Waals surface area contributed by atoms with Crippen LogP contribution in [0.5, 0.6) is 0 Å². The molecule has 0 radical (unpaired) electrons. The Morgan fingerprint density at radius 3 is 2.41 bits per heavy atom. The SMILES string of the molecule is CNCC(=O)NCCN1CCN(c2ccc(F)cc2)CC1.Cl. The maximum atomic E-state index is 12.9. The van der Waals surface area contributed by atoms with Crippen LogP contribution in [0.3, 0.4) is 0 Å². The van der Waals surface area contributed by atoms with Crippen molar-refractivity contribution in [3.05, 3.63) is 30.1 Å². The molecule has 0 atom stereocenters. The number of carbonyl (C=O) groups is 1. The zero-order valence-corrected chi connectivity index (χ0v) is 13.7. The highest BCUT2D eigenvalue weighted by atomic mass is 35.5. The van der Waals surface area contributed by atoms with Crippen molar-refractivity contribution >= 4 is 24.0 Å². The van der Waals surface area contributed by atoms with E-state index in [9.17, 15) is 9.18 Å². The van der Waals surface area contributed by atoms with E-state index in [1.165, 1.54) is 12.1 Å². The third-order valence-corrected chi connectivity index (χ3v) is 3.65. The van der Waals surface area contributed by atoms with Gasteiger partial charge in [0.15, 0.2) is 0 Å². The van der Waals surface area contributed by atoms with Crippen molar-refractivity contribution in [2.24, 2.45) is 0 Å². The van der Waals surface area contributed by atoms with Crippen molar-refractivity contribution in [2.75, 3.05) is 57.8 Å². The molecule has 22 heavy (non-hydrogen) atoms. The standard InChI is InChI=1S/C15H23FN4O.ClH/c1-17-12-15(21)18-6-7-19-8-10-20(11-9-19)14-4-2-13(16)3-5-14;/h2-5,17H,6-12H2,1H3,(H,18,21);1H. The number of hydrogen-bond acceptors (Lipinski definition) is 4. The Bertz CT molecular complexity index is 449. The molecule has 2 N–H and O–H groups in total. The van der Waals surface area contributed by atoms with Crippen LogP contribution in [-0.2, 0) is 4.79 Å². The lowest BCUT2D eigenvalue weighted by Gasteiger charge is -2.36. The van der Waals surface area contributed by atoms with Gasteiger partial charge in [0.2, 0.25) is 5.91 Å². The minimum Gasteiger partial charge on any atom is -0.369 e. The Kier molecular flexibility index (Phi) is 8.16. The highest BCUT2D eigenvalue weighted by Crippen LogP contribution is 2.16. The van der Waals surface area contributed by atoms with E-state index in [1.54, 1.807) is 7.05 Å². The smallest absolute Gasteiger partial charge is 0.233 e. The quantitative estimate of drug-likeness (QED) is 0.806. The van der Waals surface area contributed by atoms with Crippen LogP contribution < -0.4 is 15.5 Å². The molecule has 0 aromatic heterocycles. The molecule has 0 spiro atoms. The average Bonchev–Trinajstić information content (AvgIpc) is 2.49. The van der Waals surface area contributed by atoms with E-state index < -0.39 is 0 Å². The summed E-state index contributed by atoms with van der Waals surface area (Å²) in [5, 5.41) is 5.71. The number of likely N-dealkylation sites (N-methyl/N-ethyl adjacent to an activating group) is 1. The van der Waals surface area contributed by atoms with Crippen LogP contribution in [0.4, 0.5) is 10.1 Å². The minimum atomic E-state index is -0.199. The molecule has 1 saturated heterocycles. The zero-order valence-electron chi connectivity index (χ0n) is 12.8. The van der Waals surface area contributed by atoms with Gasteiger partial charge in [0.05, 0.1) is 6.54 Å². The number of nitrogens with zero attached hydrogens (tertiary/aromatic N) is 2. The fraction of sp³-hybridized carbons (Fsp3) is 0.533. The molecule has 1 aromatic carbocycles. The van der Waals surface area contributed by atoms with Gasteiger partial charge in [-0.2, -0.15) is 0 Å². The number of halogens is 2. The number of anilines is 1. The van der Waals surface area contributed by atoms with E-state index >= 15 is 0 Å². The lowest BCUT2D eigenvalue weighted by molar-refractivity contribution is -0.120. The third kappa shape index (κ3) is 5.79. The summed E-state index contributed by atoms with van der Waals surface area (Å²) in [7, 11) is 1.76. The monoisotopic (exact) mass is 330 g/mol. The van der Waals surface area contributed by atoms with Crippen LogP contribution in [0.1, 0.15) is 0 Å². The first kappa shape index (κ1) is 18.7. The molecule has 1 aliphatic rings.